The van der Waals surface area contributed by atoms with E-state index in [-0.39, 0.29) is 18.9 Å². The molecule has 0 saturated carbocycles. The Hall–Kier alpha value is -3.35. The summed E-state index contributed by atoms with van der Waals surface area (Å²) in [5.74, 6) is -0.255. The first kappa shape index (κ1) is 75.7. The molecule has 14 heteroatoms. The Balaban J connectivity index is 1.65. The number of ether oxygens (including phenoxy) is 4. The largest absolute Gasteiger partial charge is 0.394 e. The van der Waals surface area contributed by atoms with Gasteiger partial charge in [-0.25, -0.2) is 0 Å². The van der Waals surface area contributed by atoms with E-state index >= 15 is 0 Å². The second-order valence-electron chi connectivity index (χ2n) is 22.5. The van der Waals surface area contributed by atoms with Crippen LogP contribution >= 0.6 is 0 Å². The molecule has 14 nitrogen and oxygen atoms in total. The second kappa shape index (κ2) is 52.9. The van der Waals surface area contributed by atoms with Crippen LogP contribution in [-0.4, -0.2) is 140 Å². The summed E-state index contributed by atoms with van der Waals surface area (Å²) in [6, 6.07) is -0.938. The Morgan fingerprint density at radius 3 is 1.33 bits per heavy atom. The first-order valence-corrected chi connectivity index (χ1v) is 32.6. The molecule has 83 heavy (non-hydrogen) atoms. The number of hydrogen-bond donors (Lipinski definition) is 9. The van der Waals surface area contributed by atoms with E-state index in [4.69, 9.17) is 18.9 Å². The van der Waals surface area contributed by atoms with Crippen LogP contribution in [0.2, 0.25) is 0 Å². The molecule has 12 atom stereocenters. The van der Waals surface area contributed by atoms with Crippen LogP contribution in [0.4, 0.5) is 0 Å². The number of amides is 1. The molecule has 1 amide bonds. The summed E-state index contributed by atoms with van der Waals surface area (Å²) < 4.78 is 22.8. The molecule has 0 bridgehead atoms. The van der Waals surface area contributed by atoms with Crippen molar-refractivity contribution in [2.75, 3.05) is 19.8 Å². The molecule has 2 aliphatic rings. The van der Waals surface area contributed by atoms with Crippen molar-refractivity contribution in [3.05, 3.63) is 109 Å². The molecule has 12 unspecified atom stereocenters. The van der Waals surface area contributed by atoms with Crippen molar-refractivity contribution < 1.29 is 64.6 Å². The van der Waals surface area contributed by atoms with Crippen LogP contribution in [0.5, 0.6) is 0 Å². The molecule has 0 radical (unpaired) electrons. The Morgan fingerprint density at radius 2 is 0.843 bits per heavy atom. The highest BCUT2D eigenvalue weighted by Crippen LogP contribution is 2.30. The smallest absolute Gasteiger partial charge is 0.220 e. The number of carbonyl (C=O) groups excluding carboxylic acids is 1. The number of aliphatic hydroxyl groups excluding tert-OH is 8. The number of allylic oxidation sites excluding steroid dienone is 17. The van der Waals surface area contributed by atoms with E-state index in [0.29, 0.717) is 12.8 Å². The minimum Gasteiger partial charge on any atom is -0.394 e. The number of hydrogen-bond acceptors (Lipinski definition) is 13. The van der Waals surface area contributed by atoms with Crippen LogP contribution < -0.4 is 5.32 Å². The molecule has 0 aromatic carbocycles. The first-order chi connectivity index (χ1) is 40.6. The van der Waals surface area contributed by atoms with Crippen molar-refractivity contribution in [2.24, 2.45) is 0 Å². The topological polar surface area (TPSA) is 228 Å². The monoisotopic (exact) mass is 1170 g/mol. The molecule has 9 N–H and O–H groups in total. The van der Waals surface area contributed by atoms with Crippen molar-refractivity contribution in [3.63, 3.8) is 0 Å². The van der Waals surface area contributed by atoms with Crippen molar-refractivity contribution in [3.8, 4) is 0 Å². The average molecular weight is 1170 g/mol. The zero-order valence-corrected chi connectivity index (χ0v) is 51.4. The highest BCUT2D eigenvalue weighted by atomic mass is 16.7. The maximum atomic E-state index is 13.3. The van der Waals surface area contributed by atoms with Gasteiger partial charge in [0.25, 0.3) is 0 Å². The Kier molecular flexibility index (Phi) is 48.3. The van der Waals surface area contributed by atoms with Crippen molar-refractivity contribution in [1.82, 2.24) is 5.32 Å². The molecule has 476 valence electrons. The normalized spacial score (nSPS) is 24.6. The zero-order chi connectivity index (χ0) is 60.2. The molecular weight excluding hydrogens is 1050 g/mol. The third kappa shape index (κ3) is 37.7. The molecule has 2 aliphatic heterocycles. The van der Waals surface area contributed by atoms with Gasteiger partial charge < -0.3 is 65.1 Å². The van der Waals surface area contributed by atoms with Crippen LogP contribution in [0.15, 0.2) is 109 Å². The average Bonchev–Trinajstić information content (AvgIpc) is 3.64. The quantitative estimate of drug-likeness (QED) is 0.0204. The lowest BCUT2D eigenvalue weighted by molar-refractivity contribution is -0.359. The predicted molar refractivity (Wildman–Crippen MR) is 336 cm³/mol. The Morgan fingerprint density at radius 1 is 0.446 bits per heavy atom. The highest BCUT2D eigenvalue weighted by Gasteiger charge is 2.51. The van der Waals surface area contributed by atoms with E-state index in [1.807, 2.05) is 6.08 Å². The van der Waals surface area contributed by atoms with Crippen LogP contribution in [0.25, 0.3) is 0 Å². The summed E-state index contributed by atoms with van der Waals surface area (Å²) in [4.78, 5) is 13.3. The maximum Gasteiger partial charge on any atom is 0.220 e. The SMILES string of the molecule is CC/C=C\C/C=C\C/C=C\C/C=C\C/C=C\C/C=C\C/C=C\CCCCCCCCCCCCCCCC(=O)NC(COC1OC(CO)C(OC2OC(CO)C(O)C(O)C2O)C(O)C1O)C(O)/C=C/CC/C=C/CCCCCCCCCC. The summed E-state index contributed by atoms with van der Waals surface area (Å²) >= 11 is 0. The fourth-order valence-electron chi connectivity index (χ4n) is 9.99. The van der Waals surface area contributed by atoms with Gasteiger partial charge in [-0.3, -0.25) is 4.79 Å². The minimum atomic E-state index is -1.79. The summed E-state index contributed by atoms with van der Waals surface area (Å²) in [5, 5.41) is 87.1. The number of aliphatic hydroxyl groups is 8. The lowest BCUT2D eigenvalue weighted by atomic mass is 9.97. The van der Waals surface area contributed by atoms with Gasteiger partial charge in [0, 0.05) is 6.42 Å². The van der Waals surface area contributed by atoms with Gasteiger partial charge in [-0.05, 0) is 89.9 Å². The lowest BCUT2D eigenvalue weighted by Gasteiger charge is -2.46. The van der Waals surface area contributed by atoms with E-state index in [0.717, 1.165) is 83.5 Å². The first-order valence-electron chi connectivity index (χ1n) is 32.6. The van der Waals surface area contributed by atoms with E-state index < -0.39 is 86.8 Å². The van der Waals surface area contributed by atoms with Crippen molar-refractivity contribution in [2.45, 2.75) is 299 Å². The molecular formula is C69H117NO13. The second-order valence-corrected chi connectivity index (χ2v) is 22.5. The number of nitrogens with one attached hydrogen (secondary N) is 1. The van der Waals surface area contributed by atoms with E-state index in [9.17, 15) is 45.6 Å². The van der Waals surface area contributed by atoms with Crippen molar-refractivity contribution in [1.29, 1.82) is 0 Å². The van der Waals surface area contributed by atoms with Gasteiger partial charge in [0.1, 0.15) is 48.8 Å². The summed E-state index contributed by atoms with van der Waals surface area (Å²) in [7, 11) is 0. The Labute approximate surface area is 502 Å². The number of rotatable bonds is 51. The Bertz CT molecular complexity index is 1810. The van der Waals surface area contributed by atoms with Gasteiger partial charge in [-0.1, -0.05) is 239 Å². The van der Waals surface area contributed by atoms with Crippen LogP contribution in [0.1, 0.15) is 226 Å². The lowest BCUT2D eigenvalue weighted by Crippen LogP contribution is -2.65. The third-order valence-electron chi connectivity index (χ3n) is 15.2. The van der Waals surface area contributed by atoms with Gasteiger partial charge in [-0.2, -0.15) is 0 Å². The zero-order valence-electron chi connectivity index (χ0n) is 51.4. The number of unbranched alkanes of at least 4 members (excludes halogenated alkanes) is 22. The van der Waals surface area contributed by atoms with Gasteiger partial charge in [-0.15, -0.1) is 0 Å². The summed E-state index contributed by atoms with van der Waals surface area (Å²) in [6.07, 6.45) is 58.6. The molecule has 0 aromatic heterocycles. The van der Waals surface area contributed by atoms with Crippen LogP contribution in [0.3, 0.4) is 0 Å². The standard InChI is InChI=1S/C69H117NO13/c1-3-5-7-9-11-13-15-17-19-20-21-22-23-24-25-26-27-28-29-30-31-32-33-34-35-36-37-38-39-41-43-45-47-49-51-53-61(74)70-57(58(73)52-50-48-46-44-42-40-18-16-14-12-10-8-6-4-2)56-80-68-66(79)64(77)67(60(55-72)82-68)83-69-65(78)63(76)62(75)59(54-71)81-69/h5,7,11,13,17,19,21-22,24-25,27-28,30-31,42,44,50,52,57-60,62-69,71-73,75-79H,3-4,6,8-10,12,14-16,18,20,23,26,29,32-41,43,45-49,51,53-56H2,1-2H3,(H,70,74)/b7-5-,13-11-,19-17-,22-21-,25-24-,28-27-,31-30-,44-42+,52-50+. The van der Waals surface area contributed by atoms with Gasteiger partial charge >= 0.3 is 0 Å². The van der Waals surface area contributed by atoms with E-state index in [1.54, 1.807) is 6.08 Å². The molecule has 0 spiro atoms. The summed E-state index contributed by atoms with van der Waals surface area (Å²) in [5.41, 5.74) is 0. The molecule has 2 rings (SSSR count). The fourth-order valence-corrected chi connectivity index (χ4v) is 9.99. The van der Waals surface area contributed by atoms with Gasteiger partial charge in [0.15, 0.2) is 12.6 Å². The molecule has 0 aliphatic carbocycles. The van der Waals surface area contributed by atoms with Crippen molar-refractivity contribution >= 4 is 5.91 Å². The fraction of sp³-hybridized carbons (Fsp3) is 0.725. The molecule has 2 fully saturated rings. The van der Waals surface area contributed by atoms with Gasteiger partial charge in [0.2, 0.25) is 5.91 Å². The van der Waals surface area contributed by atoms with E-state index in [2.05, 4.69) is 116 Å². The van der Waals surface area contributed by atoms with E-state index in [1.165, 1.54) is 109 Å². The molecule has 2 saturated heterocycles. The molecule has 2 heterocycles. The van der Waals surface area contributed by atoms with Crippen LogP contribution in [0, 0.1) is 0 Å². The predicted octanol–water partition coefficient (Wildman–Crippen LogP) is 12.4. The highest BCUT2D eigenvalue weighted by molar-refractivity contribution is 5.76. The summed E-state index contributed by atoms with van der Waals surface area (Å²) in [6.45, 7) is 2.65. The van der Waals surface area contributed by atoms with Gasteiger partial charge in [0.05, 0.1) is 32.0 Å². The van der Waals surface area contributed by atoms with Crippen LogP contribution in [-0.2, 0) is 23.7 Å². The number of carbonyl (C=O) groups is 1. The third-order valence-corrected chi connectivity index (χ3v) is 15.2. The maximum absolute atomic E-state index is 13.3. The molecule has 0 aromatic rings. The minimum absolute atomic E-state index is 0.255.